The lowest BCUT2D eigenvalue weighted by molar-refractivity contribution is -0.122. The number of aliphatic hydroxyl groups is 1. The van der Waals surface area contributed by atoms with Crippen LogP contribution in [0.15, 0.2) is 35.3 Å². The van der Waals surface area contributed by atoms with Crippen LogP contribution in [0.25, 0.3) is 11.0 Å². The molecule has 1 aromatic carbocycles. The fourth-order valence-corrected chi connectivity index (χ4v) is 2.33. The van der Waals surface area contributed by atoms with E-state index in [1.54, 1.807) is 12.1 Å². The van der Waals surface area contributed by atoms with Gasteiger partial charge in [0.1, 0.15) is 6.54 Å². The minimum atomic E-state index is -0.299. The van der Waals surface area contributed by atoms with Crippen LogP contribution in [0, 0.1) is 5.41 Å². The fourth-order valence-electron chi connectivity index (χ4n) is 2.33. The van der Waals surface area contributed by atoms with E-state index in [9.17, 15) is 14.7 Å². The number of nitrogens with one attached hydrogen (secondary N) is 1. The Labute approximate surface area is 121 Å². The maximum absolute atomic E-state index is 12.0. The third-order valence-corrected chi connectivity index (χ3v) is 4.01. The molecule has 1 aliphatic carbocycles. The average Bonchev–Trinajstić information content (AvgIpc) is 3.29. The van der Waals surface area contributed by atoms with Gasteiger partial charge in [-0.25, -0.2) is 4.98 Å². The molecule has 0 atom stereocenters. The topological polar surface area (TPSA) is 84.2 Å². The molecule has 110 valence electrons. The lowest BCUT2D eigenvalue weighted by atomic mass is 10.1. The summed E-state index contributed by atoms with van der Waals surface area (Å²) in [7, 11) is 0. The van der Waals surface area contributed by atoms with Crippen molar-refractivity contribution in [2.75, 3.05) is 13.2 Å². The molecule has 2 N–H and O–H groups in total. The summed E-state index contributed by atoms with van der Waals surface area (Å²) >= 11 is 0. The van der Waals surface area contributed by atoms with Gasteiger partial charge in [0.05, 0.1) is 23.8 Å². The van der Waals surface area contributed by atoms with Crippen LogP contribution in [-0.4, -0.2) is 33.7 Å². The summed E-state index contributed by atoms with van der Waals surface area (Å²) < 4.78 is 1.41. The lowest BCUT2D eigenvalue weighted by Crippen LogP contribution is -2.36. The van der Waals surface area contributed by atoms with Crippen LogP contribution in [0.2, 0.25) is 0 Å². The van der Waals surface area contributed by atoms with Gasteiger partial charge in [0.15, 0.2) is 0 Å². The number of fused-ring (bicyclic) bond motifs is 1. The lowest BCUT2D eigenvalue weighted by Gasteiger charge is -2.14. The van der Waals surface area contributed by atoms with Crippen LogP contribution < -0.4 is 10.9 Å². The van der Waals surface area contributed by atoms with E-state index in [2.05, 4.69) is 10.3 Å². The molecule has 0 spiro atoms. The summed E-state index contributed by atoms with van der Waals surface area (Å²) in [5.41, 5.74) is 0.885. The number of carbonyl (C=O) groups is 1. The summed E-state index contributed by atoms with van der Waals surface area (Å²) in [5.74, 6) is -0.229. The van der Waals surface area contributed by atoms with E-state index in [1.165, 1.54) is 10.8 Å². The smallest absolute Gasteiger partial charge is 0.269 e. The Kier molecular flexibility index (Phi) is 3.47. The number of benzene rings is 1. The van der Waals surface area contributed by atoms with Gasteiger partial charge in [0, 0.05) is 12.0 Å². The SMILES string of the molecule is O=C(Cn1c(=O)cnc2ccccc21)NCC1(CO)CC1. The number of aromatic nitrogens is 2. The minimum absolute atomic E-state index is 0.0383. The van der Waals surface area contributed by atoms with Crippen molar-refractivity contribution in [3.8, 4) is 0 Å². The van der Waals surface area contributed by atoms with Crippen molar-refractivity contribution in [2.45, 2.75) is 19.4 Å². The Hall–Kier alpha value is -2.21. The summed E-state index contributed by atoms with van der Waals surface area (Å²) in [4.78, 5) is 28.0. The second-order valence-electron chi connectivity index (χ2n) is 5.61. The summed E-state index contributed by atoms with van der Waals surface area (Å²) in [6.45, 7) is 0.509. The van der Waals surface area contributed by atoms with Crippen LogP contribution in [0.3, 0.4) is 0 Å². The zero-order chi connectivity index (χ0) is 14.9. The van der Waals surface area contributed by atoms with Crippen molar-refractivity contribution in [2.24, 2.45) is 5.41 Å². The highest BCUT2D eigenvalue weighted by molar-refractivity contribution is 5.79. The highest BCUT2D eigenvalue weighted by Crippen LogP contribution is 2.44. The van der Waals surface area contributed by atoms with Crippen molar-refractivity contribution >= 4 is 16.9 Å². The summed E-state index contributed by atoms with van der Waals surface area (Å²) in [6.07, 6.45) is 3.09. The zero-order valence-corrected chi connectivity index (χ0v) is 11.6. The monoisotopic (exact) mass is 287 g/mol. The Balaban J connectivity index is 1.76. The number of hydrogen-bond donors (Lipinski definition) is 2. The first kappa shape index (κ1) is 13.8. The normalized spacial score (nSPS) is 15.9. The van der Waals surface area contributed by atoms with E-state index in [-0.39, 0.29) is 30.0 Å². The standard InChI is InChI=1S/C15H17N3O3/c19-10-15(5-6-15)9-17-13(20)8-18-12-4-2-1-3-11(12)16-7-14(18)21/h1-4,7,19H,5-6,8-10H2,(H,17,20). The number of amides is 1. The van der Waals surface area contributed by atoms with E-state index >= 15 is 0 Å². The maximum atomic E-state index is 12.0. The van der Waals surface area contributed by atoms with E-state index in [0.717, 1.165) is 12.8 Å². The van der Waals surface area contributed by atoms with Crippen LogP contribution in [0.5, 0.6) is 0 Å². The molecule has 6 nitrogen and oxygen atoms in total. The Morgan fingerprint density at radius 3 is 2.86 bits per heavy atom. The number of hydrogen-bond acceptors (Lipinski definition) is 4. The van der Waals surface area contributed by atoms with E-state index in [4.69, 9.17) is 0 Å². The van der Waals surface area contributed by atoms with Gasteiger partial charge in [0.2, 0.25) is 5.91 Å². The quantitative estimate of drug-likeness (QED) is 0.827. The molecule has 1 fully saturated rings. The first-order chi connectivity index (χ1) is 10.1. The number of para-hydroxylation sites is 2. The number of aliphatic hydroxyl groups excluding tert-OH is 1. The van der Waals surface area contributed by atoms with E-state index in [1.807, 2.05) is 12.1 Å². The average molecular weight is 287 g/mol. The van der Waals surface area contributed by atoms with Crippen molar-refractivity contribution < 1.29 is 9.90 Å². The largest absolute Gasteiger partial charge is 0.396 e. The molecule has 0 bridgehead atoms. The van der Waals surface area contributed by atoms with Crippen LogP contribution in [0.4, 0.5) is 0 Å². The van der Waals surface area contributed by atoms with Crippen molar-refractivity contribution in [3.05, 3.63) is 40.8 Å². The number of rotatable bonds is 5. The van der Waals surface area contributed by atoms with Crippen molar-refractivity contribution in [1.29, 1.82) is 0 Å². The highest BCUT2D eigenvalue weighted by Gasteiger charge is 2.42. The van der Waals surface area contributed by atoms with E-state index in [0.29, 0.717) is 17.6 Å². The molecule has 1 amide bonds. The molecule has 21 heavy (non-hydrogen) atoms. The predicted octanol–water partition coefficient (Wildman–Crippen LogP) is 0.285. The minimum Gasteiger partial charge on any atom is -0.396 e. The van der Waals surface area contributed by atoms with Crippen LogP contribution in [0.1, 0.15) is 12.8 Å². The molecule has 6 heteroatoms. The molecule has 0 unspecified atom stereocenters. The first-order valence-electron chi connectivity index (χ1n) is 6.96. The second-order valence-corrected chi connectivity index (χ2v) is 5.61. The zero-order valence-electron chi connectivity index (χ0n) is 11.6. The molecule has 2 aromatic rings. The Bertz CT molecular complexity index is 734. The second kappa shape index (κ2) is 5.29. The molecule has 1 heterocycles. The van der Waals surface area contributed by atoms with Gasteiger partial charge in [-0.1, -0.05) is 12.1 Å². The fraction of sp³-hybridized carbons (Fsp3) is 0.400. The molecule has 3 rings (SSSR count). The van der Waals surface area contributed by atoms with Gasteiger partial charge in [-0.05, 0) is 25.0 Å². The van der Waals surface area contributed by atoms with Crippen LogP contribution >= 0.6 is 0 Å². The van der Waals surface area contributed by atoms with Crippen molar-refractivity contribution in [3.63, 3.8) is 0 Å². The van der Waals surface area contributed by atoms with Crippen LogP contribution in [-0.2, 0) is 11.3 Å². The third-order valence-electron chi connectivity index (χ3n) is 4.01. The van der Waals surface area contributed by atoms with Gasteiger partial charge in [-0.3, -0.25) is 14.2 Å². The molecule has 0 radical (unpaired) electrons. The van der Waals surface area contributed by atoms with Gasteiger partial charge >= 0.3 is 0 Å². The molecular formula is C15H17N3O3. The number of carbonyl (C=O) groups excluding carboxylic acids is 1. The highest BCUT2D eigenvalue weighted by atomic mass is 16.3. The van der Waals surface area contributed by atoms with Gasteiger partial charge in [0.25, 0.3) is 5.56 Å². The number of nitrogens with zero attached hydrogens (tertiary/aromatic N) is 2. The molecule has 0 saturated heterocycles. The molecule has 1 aromatic heterocycles. The third kappa shape index (κ3) is 2.80. The maximum Gasteiger partial charge on any atom is 0.269 e. The van der Waals surface area contributed by atoms with Gasteiger partial charge in [-0.15, -0.1) is 0 Å². The summed E-state index contributed by atoms with van der Waals surface area (Å²) in [6, 6.07) is 7.21. The Morgan fingerprint density at radius 1 is 1.38 bits per heavy atom. The molecular weight excluding hydrogens is 270 g/mol. The molecule has 1 saturated carbocycles. The molecule has 1 aliphatic rings. The Morgan fingerprint density at radius 2 is 2.14 bits per heavy atom. The molecule has 0 aliphatic heterocycles. The first-order valence-corrected chi connectivity index (χ1v) is 6.96. The van der Waals surface area contributed by atoms with Gasteiger partial charge < -0.3 is 10.4 Å². The predicted molar refractivity (Wildman–Crippen MR) is 77.8 cm³/mol. The van der Waals surface area contributed by atoms with Gasteiger partial charge in [-0.2, -0.15) is 0 Å². The van der Waals surface area contributed by atoms with Crippen molar-refractivity contribution in [1.82, 2.24) is 14.9 Å². The van der Waals surface area contributed by atoms with E-state index < -0.39 is 0 Å². The summed E-state index contributed by atoms with van der Waals surface area (Å²) in [5, 5.41) is 12.0.